The minimum atomic E-state index is -3.20. The molecule has 0 radical (unpaired) electrons. The number of aliphatic hydroxyl groups excluding tert-OH is 11. The van der Waals surface area contributed by atoms with Crippen LogP contribution >= 0.6 is 34.8 Å². The quantitative estimate of drug-likeness (QED) is 0.0274. The summed E-state index contributed by atoms with van der Waals surface area (Å²) in [5, 5.41) is 136. The number of alkyl halides is 3. The standard InChI is InChI=1S/C79H145Cl3N2O32/c1-5-7-9-11-13-15-17-19-21-23-25-27-29-31-33-105-51-56(107-34-32-30-28-26-24-22-20-18-16-14-12-10-8-6-2)52-106-44-43-103-40-39-101-36-35-100-37-38-102-41-42-104-45-46-108-73-62(84-77(99)109-53-79(80,81)82)71(114-74-67(95)66(94)63(91)54(3)110-74)69(60(50-87)112-73)113-75-68(96)72(65(93)59(49-86)111-75)116-78(76(97)98)47-57(89)61(83-55(4)88)70(115-78)64(92)58(90)48-85/h54,56-75,85-87,89-96H,5-53H2,1-4H3,(H,83,88)(H,84,99)(H,97,98)/t54-,56?,57-,58+,59+,60+,61+,62+,63+,64+,65-,66+,67-,68+,69+,70+,71+,72-,73+,74-,75-,78-/m0/s1. The molecule has 0 aromatic rings. The number of aliphatic hydroxyl groups is 11. The minimum Gasteiger partial charge on any atom is -0.477 e. The highest BCUT2D eigenvalue weighted by atomic mass is 35.6. The second-order valence-corrected chi connectivity index (χ2v) is 32.9. The number of amides is 2. The predicted molar refractivity (Wildman–Crippen MR) is 424 cm³/mol. The van der Waals surface area contributed by atoms with Gasteiger partial charge in [0, 0.05) is 26.6 Å². The van der Waals surface area contributed by atoms with Crippen LogP contribution in [0, 0.1) is 0 Å². The van der Waals surface area contributed by atoms with Gasteiger partial charge in [-0.1, -0.05) is 216 Å². The maximum absolute atomic E-state index is 13.7. The number of unbranched alkanes of at least 4 members (excludes halogenated alkanes) is 26. The second kappa shape index (κ2) is 63.0. The highest BCUT2D eigenvalue weighted by Crippen LogP contribution is 2.40. The number of carbonyl (C=O) groups is 3. The van der Waals surface area contributed by atoms with Gasteiger partial charge < -0.3 is 152 Å². The first-order valence-electron chi connectivity index (χ1n) is 42.5. The summed E-state index contributed by atoms with van der Waals surface area (Å²) in [6, 6.07) is -3.44. The van der Waals surface area contributed by atoms with Crippen molar-refractivity contribution in [1.82, 2.24) is 10.6 Å². The molecule has 0 aliphatic carbocycles. The van der Waals surface area contributed by atoms with Crippen LogP contribution in [0.5, 0.6) is 0 Å². The summed E-state index contributed by atoms with van der Waals surface area (Å²) < 4.78 is 97.8. The number of halogens is 3. The van der Waals surface area contributed by atoms with E-state index >= 15 is 0 Å². The normalized spacial score (nSPS) is 28.7. The van der Waals surface area contributed by atoms with Crippen molar-refractivity contribution in [2.45, 2.75) is 352 Å². The third-order valence-electron chi connectivity index (χ3n) is 20.7. The fourth-order valence-electron chi connectivity index (χ4n) is 14.0. The first-order chi connectivity index (χ1) is 55.9. The first kappa shape index (κ1) is 106. The van der Waals surface area contributed by atoms with Crippen LogP contribution in [-0.2, 0) is 90.1 Å². The van der Waals surface area contributed by atoms with E-state index in [-0.39, 0.29) is 45.7 Å². The number of hydrogen-bond donors (Lipinski definition) is 14. The van der Waals surface area contributed by atoms with Gasteiger partial charge in [0.05, 0.1) is 131 Å². The van der Waals surface area contributed by atoms with Crippen molar-refractivity contribution in [1.29, 1.82) is 0 Å². The summed E-state index contributed by atoms with van der Waals surface area (Å²) in [7, 11) is 0. The Kier molecular flexibility index (Phi) is 57.8. The molecule has 0 spiro atoms. The van der Waals surface area contributed by atoms with Crippen molar-refractivity contribution in [2.75, 3.05) is 132 Å². The SMILES string of the molecule is CCCCCCCCCCCCCCCCOCC(COCCOCCOCCOCCOCCOCCO[C@@H]1O[C@H](CO)[C@@H](O[C@@H]2O[C@H](CO)[C@H](O)[C@H](O[C@]3(C(=O)O)C[C@H](O)[C@@H](NC(C)=O)[C@H]([C@H](O)[C@H](O)CO)O3)[C@H]2O)[C@H](O[C@@H]2O[C@@H](C)[C@@H](O)[C@@H](O)[C@@H]2O)[C@H]1NC(=O)OCC(Cl)(Cl)Cl)OCCCCCCCCCCCCCCCC. The van der Waals surface area contributed by atoms with E-state index in [1.54, 1.807) is 0 Å². The summed E-state index contributed by atoms with van der Waals surface area (Å²) in [6.07, 6.45) is -1.54. The number of rotatable bonds is 69. The van der Waals surface area contributed by atoms with Crippen molar-refractivity contribution >= 4 is 52.8 Å². The molecule has 4 saturated heterocycles. The van der Waals surface area contributed by atoms with Gasteiger partial charge in [-0.2, -0.15) is 0 Å². The molecule has 4 rings (SSSR count). The van der Waals surface area contributed by atoms with E-state index in [4.69, 9.17) is 115 Å². The number of hydrogen-bond acceptors (Lipinski definition) is 31. The molecule has 0 bridgehead atoms. The van der Waals surface area contributed by atoms with Crippen LogP contribution in [0.4, 0.5) is 4.79 Å². The van der Waals surface area contributed by atoms with E-state index in [2.05, 4.69) is 24.5 Å². The molecule has 34 nitrogen and oxygen atoms in total. The van der Waals surface area contributed by atoms with Crippen LogP contribution in [0.2, 0.25) is 0 Å². The van der Waals surface area contributed by atoms with E-state index < -0.39 is 183 Å². The monoisotopic (exact) mass is 1740 g/mol. The minimum absolute atomic E-state index is 0.0470. The number of carboxylic acids is 1. The molecule has 14 N–H and O–H groups in total. The molecular weight excluding hydrogens is 1600 g/mol. The summed E-state index contributed by atoms with van der Waals surface area (Å²) in [5.74, 6) is -6.07. The van der Waals surface area contributed by atoms with E-state index in [9.17, 15) is 75.7 Å². The Morgan fingerprint density at radius 3 is 1.37 bits per heavy atom. The van der Waals surface area contributed by atoms with Crippen LogP contribution in [0.1, 0.15) is 214 Å². The molecule has 116 heavy (non-hydrogen) atoms. The van der Waals surface area contributed by atoms with Crippen molar-refractivity contribution in [2.24, 2.45) is 0 Å². The Bertz CT molecular complexity index is 2470. The average Bonchev–Trinajstić information content (AvgIpc) is 0.750. The Hall–Kier alpha value is -2.00. The van der Waals surface area contributed by atoms with E-state index in [1.165, 1.54) is 167 Å². The van der Waals surface area contributed by atoms with Crippen LogP contribution in [0.15, 0.2) is 0 Å². The molecular formula is C79H145Cl3N2O32. The fraction of sp³-hybridized carbons (Fsp3) is 0.962. The van der Waals surface area contributed by atoms with Gasteiger partial charge in [0.2, 0.25) is 9.70 Å². The Morgan fingerprint density at radius 1 is 0.483 bits per heavy atom. The van der Waals surface area contributed by atoms with Crippen LogP contribution < -0.4 is 10.6 Å². The molecule has 4 aliphatic rings. The van der Waals surface area contributed by atoms with Crippen LogP contribution in [0.25, 0.3) is 0 Å². The number of nitrogens with one attached hydrogen (secondary N) is 2. The maximum atomic E-state index is 13.7. The van der Waals surface area contributed by atoms with E-state index in [1.807, 2.05) is 0 Å². The largest absolute Gasteiger partial charge is 0.477 e. The summed E-state index contributed by atoms with van der Waals surface area (Å²) >= 11 is 17.7. The molecule has 0 saturated carbocycles. The molecule has 1 unspecified atom stereocenters. The topological polar surface area (TPSA) is 475 Å². The first-order valence-corrected chi connectivity index (χ1v) is 43.7. The van der Waals surface area contributed by atoms with Gasteiger partial charge in [0.25, 0.3) is 5.79 Å². The number of ether oxygens (including phenoxy) is 17. The van der Waals surface area contributed by atoms with E-state index in [0.29, 0.717) is 59.5 Å². The summed E-state index contributed by atoms with van der Waals surface area (Å²) in [5.41, 5.74) is 0. The molecule has 37 heteroatoms. The summed E-state index contributed by atoms with van der Waals surface area (Å²) in [4.78, 5) is 39.1. The Labute approximate surface area is 700 Å². The Balaban J connectivity index is 1.24. The highest BCUT2D eigenvalue weighted by molar-refractivity contribution is 6.67. The van der Waals surface area contributed by atoms with Crippen LogP contribution in [0.3, 0.4) is 0 Å². The Morgan fingerprint density at radius 2 is 0.914 bits per heavy atom. The molecule has 4 fully saturated rings. The van der Waals surface area contributed by atoms with Gasteiger partial charge >= 0.3 is 12.1 Å². The molecule has 684 valence electrons. The summed E-state index contributed by atoms with van der Waals surface area (Å²) in [6.45, 7) is 7.40. The average molecular weight is 1740 g/mol. The van der Waals surface area contributed by atoms with Gasteiger partial charge in [-0.05, 0) is 19.8 Å². The zero-order valence-electron chi connectivity index (χ0n) is 68.9. The lowest BCUT2D eigenvalue weighted by Gasteiger charge is -2.51. The predicted octanol–water partition coefficient (Wildman–Crippen LogP) is 5.22. The second-order valence-electron chi connectivity index (χ2n) is 30.4. The molecule has 22 atom stereocenters. The molecule has 4 aliphatic heterocycles. The number of carboxylic acid groups (broad SMARTS) is 1. The molecule has 2 amide bonds. The van der Waals surface area contributed by atoms with E-state index in [0.717, 1.165) is 32.8 Å². The zero-order chi connectivity index (χ0) is 84.9. The van der Waals surface area contributed by atoms with Gasteiger partial charge in [0.15, 0.2) is 18.9 Å². The molecule has 0 aromatic carbocycles. The highest BCUT2D eigenvalue weighted by Gasteiger charge is 2.61. The number of aliphatic carboxylic acids is 1. The van der Waals surface area contributed by atoms with Crippen LogP contribution in [-0.4, -0.2) is 350 Å². The lowest BCUT2D eigenvalue weighted by atomic mass is 9.88. The van der Waals surface area contributed by atoms with Crippen molar-refractivity contribution in [3.63, 3.8) is 0 Å². The number of carbonyl (C=O) groups excluding carboxylic acids is 2. The zero-order valence-corrected chi connectivity index (χ0v) is 71.2. The third kappa shape index (κ3) is 42.1. The third-order valence-corrected chi connectivity index (χ3v) is 21.0. The van der Waals surface area contributed by atoms with Crippen molar-refractivity contribution in [3.05, 3.63) is 0 Å². The molecule has 4 heterocycles. The van der Waals surface area contributed by atoms with Gasteiger partial charge in [-0.3, -0.25) is 4.79 Å². The molecule has 0 aromatic heterocycles. The smallest absolute Gasteiger partial charge is 0.407 e. The lowest BCUT2D eigenvalue weighted by molar-refractivity contribution is -0.391. The van der Waals surface area contributed by atoms with Crippen molar-refractivity contribution < 1.29 is 156 Å². The van der Waals surface area contributed by atoms with Gasteiger partial charge in [-0.15, -0.1) is 0 Å². The maximum Gasteiger partial charge on any atom is 0.407 e. The lowest BCUT2D eigenvalue weighted by Crippen LogP contribution is -2.71. The van der Waals surface area contributed by atoms with Gasteiger partial charge in [0.1, 0.15) is 98.1 Å². The fourth-order valence-corrected chi connectivity index (χ4v) is 14.2. The van der Waals surface area contributed by atoms with Crippen molar-refractivity contribution in [3.8, 4) is 0 Å². The number of alkyl carbamates (subject to hydrolysis) is 1. The van der Waals surface area contributed by atoms with Gasteiger partial charge in [-0.25, -0.2) is 9.59 Å².